The van der Waals surface area contributed by atoms with Crippen molar-refractivity contribution >= 4 is 5.97 Å². The maximum atomic E-state index is 13.2. The van der Waals surface area contributed by atoms with Gasteiger partial charge in [-0.15, -0.1) is 0 Å². The molecule has 2 aliphatic rings. The Labute approximate surface area is 167 Å². The van der Waals surface area contributed by atoms with Gasteiger partial charge in [-0.3, -0.25) is 4.79 Å². The zero-order valence-electron chi connectivity index (χ0n) is 16.7. The smallest absolute Gasteiger partial charge is 0.314 e. The molecule has 4 atom stereocenters. The number of carbonyl (C=O) groups excluding carboxylic acids is 1. The highest BCUT2D eigenvalue weighted by molar-refractivity contribution is 5.78. The number of fused-ring (bicyclic) bond motifs is 2. The molecule has 0 N–H and O–H groups in total. The van der Waals surface area contributed by atoms with Gasteiger partial charge in [0.25, 0.3) is 0 Å². The molecule has 2 aromatic carbocycles. The van der Waals surface area contributed by atoms with Crippen LogP contribution in [-0.2, 0) is 16.0 Å². The highest BCUT2D eigenvalue weighted by Crippen LogP contribution is 2.36. The lowest BCUT2D eigenvalue weighted by atomic mass is 9.91. The predicted octanol–water partition coefficient (Wildman–Crippen LogP) is 4.19. The van der Waals surface area contributed by atoms with Gasteiger partial charge in [-0.05, 0) is 62.4 Å². The zero-order valence-corrected chi connectivity index (χ0v) is 16.7. The first-order valence-corrected chi connectivity index (χ1v) is 10.2. The standard InChI is InChI=1S/C24H29NO3/c1-25-19-10-11-20(25)16-22(15-19)28-24(26)23(18-6-4-3-5-7-18)14-17-8-12-21(27-2)13-9-17/h3-9,12-13,19-20,22-23H,10-11,14-16H2,1-2H3/t19-,20+,22-,23?. The van der Waals surface area contributed by atoms with Crippen LogP contribution in [-0.4, -0.2) is 43.2 Å². The first-order valence-electron chi connectivity index (χ1n) is 10.2. The summed E-state index contributed by atoms with van der Waals surface area (Å²) in [6, 6.07) is 19.1. The number of hydrogen-bond acceptors (Lipinski definition) is 4. The minimum Gasteiger partial charge on any atom is -0.497 e. The minimum atomic E-state index is -0.285. The van der Waals surface area contributed by atoms with Crippen molar-refractivity contribution in [2.75, 3.05) is 14.2 Å². The normalized spacial score (nSPS) is 25.3. The fourth-order valence-corrected chi connectivity index (χ4v) is 4.72. The highest BCUT2D eigenvalue weighted by atomic mass is 16.5. The summed E-state index contributed by atoms with van der Waals surface area (Å²) in [4.78, 5) is 15.7. The molecule has 28 heavy (non-hydrogen) atoms. The third kappa shape index (κ3) is 4.07. The first-order chi connectivity index (χ1) is 13.6. The average molecular weight is 380 g/mol. The van der Waals surface area contributed by atoms with Gasteiger partial charge in [-0.2, -0.15) is 0 Å². The van der Waals surface area contributed by atoms with Gasteiger partial charge < -0.3 is 14.4 Å². The van der Waals surface area contributed by atoms with Crippen LogP contribution in [0.5, 0.6) is 5.75 Å². The molecule has 0 amide bonds. The van der Waals surface area contributed by atoms with E-state index >= 15 is 0 Å². The van der Waals surface area contributed by atoms with Crippen LogP contribution >= 0.6 is 0 Å². The fraction of sp³-hybridized carbons (Fsp3) is 0.458. The topological polar surface area (TPSA) is 38.8 Å². The molecule has 2 fully saturated rings. The number of ether oxygens (including phenoxy) is 2. The van der Waals surface area contributed by atoms with E-state index in [-0.39, 0.29) is 18.0 Å². The minimum absolute atomic E-state index is 0.0447. The number of carbonyl (C=O) groups is 1. The van der Waals surface area contributed by atoms with Crippen molar-refractivity contribution < 1.29 is 14.3 Å². The summed E-state index contributed by atoms with van der Waals surface area (Å²) < 4.78 is 11.3. The molecule has 4 heteroatoms. The highest BCUT2D eigenvalue weighted by Gasteiger charge is 2.40. The first kappa shape index (κ1) is 19.0. The lowest BCUT2D eigenvalue weighted by Crippen LogP contribution is -2.43. The van der Waals surface area contributed by atoms with Crippen LogP contribution in [0, 0.1) is 0 Å². The van der Waals surface area contributed by atoms with E-state index < -0.39 is 0 Å². The molecule has 0 spiro atoms. The Morgan fingerprint density at radius 3 is 2.29 bits per heavy atom. The van der Waals surface area contributed by atoms with Gasteiger partial charge in [0.05, 0.1) is 13.0 Å². The van der Waals surface area contributed by atoms with Crippen molar-refractivity contribution in [2.24, 2.45) is 0 Å². The molecule has 0 radical (unpaired) electrons. The number of nitrogens with zero attached hydrogens (tertiary/aromatic N) is 1. The molecule has 0 saturated carbocycles. The maximum Gasteiger partial charge on any atom is 0.314 e. The van der Waals surface area contributed by atoms with Crippen LogP contribution in [0.25, 0.3) is 0 Å². The molecule has 0 aromatic heterocycles. The summed E-state index contributed by atoms with van der Waals surface area (Å²) in [5.41, 5.74) is 2.12. The maximum absolute atomic E-state index is 13.2. The molecule has 4 rings (SSSR count). The number of hydrogen-bond donors (Lipinski definition) is 0. The lowest BCUT2D eigenvalue weighted by molar-refractivity contribution is -0.154. The zero-order chi connectivity index (χ0) is 19.5. The van der Waals surface area contributed by atoms with E-state index in [1.54, 1.807) is 7.11 Å². The summed E-state index contributed by atoms with van der Waals surface area (Å²) in [5, 5.41) is 0. The lowest BCUT2D eigenvalue weighted by Gasteiger charge is -2.36. The molecule has 148 valence electrons. The summed E-state index contributed by atoms with van der Waals surface area (Å²) >= 11 is 0. The van der Waals surface area contributed by atoms with E-state index in [2.05, 4.69) is 11.9 Å². The second kappa shape index (κ2) is 8.36. The molecule has 1 unspecified atom stereocenters. The van der Waals surface area contributed by atoms with E-state index in [0.717, 1.165) is 29.7 Å². The molecule has 2 aromatic rings. The summed E-state index contributed by atoms with van der Waals surface area (Å²) in [6.45, 7) is 0. The molecular weight excluding hydrogens is 350 g/mol. The summed E-state index contributed by atoms with van der Waals surface area (Å²) in [6.07, 6.45) is 5.05. The summed E-state index contributed by atoms with van der Waals surface area (Å²) in [7, 11) is 3.87. The van der Waals surface area contributed by atoms with Gasteiger partial charge in [0.1, 0.15) is 11.9 Å². The van der Waals surface area contributed by atoms with Crippen LogP contribution in [0.15, 0.2) is 54.6 Å². The van der Waals surface area contributed by atoms with Crippen LogP contribution in [0.3, 0.4) is 0 Å². The Morgan fingerprint density at radius 2 is 1.68 bits per heavy atom. The largest absolute Gasteiger partial charge is 0.497 e. The van der Waals surface area contributed by atoms with Gasteiger partial charge in [0.15, 0.2) is 0 Å². The van der Waals surface area contributed by atoms with Gasteiger partial charge in [-0.25, -0.2) is 0 Å². The van der Waals surface area contributed by atoms with Crippen molar-refractivity contribution in [1.29, 1.82) is 0 Å². The van der Waals surface area contributed by atoms with Crippen LogP contribution in [0.1, 0.15) is 42.7 Å². The van der Waals surface area contributed by atoms with Crippen molar-refractivity contribution in [1.82, 2.24) is 4.90 Å². The number of rotatable bonds is 6. The Bertz CT molecular complexity index is 775. The molecule has 4 nitrogen and oxygen atoms in total. The molecule has 0 aliphatic carbocycles. The quantitative estimate of drug-likeness (QED) is 0.706. The third-order valence-corrected chi connectivity index (χ3v) is 6.42. The molecule has 2 heterocycles. The number of methoxy groups -OCH3 is 1. The SMILES string of the molecule is COc1ccc(CC(C(=O)O[C@@H]2C[C@H]3CC[C@@H](C2)N3C)c2ccccc2)cc1. The van der Waals surface area contributed by atoms with E-state index in [4.69, 9.17) is 9.47 Å². The van der Waals surface area contributed by atoms with Crippen molar-refractivity contribution in [2.45, 2.75) is 56.2 Å². The van der Waals surface area contributed by atoms with Crippen LogP contribution in [0.2, 0.25) is 0 Å². The Balaban J connectivity index is 1.49. The van der Waals surface area contributed by atoms with Crippen molar-refractivity contribution in [3.63, 3.8) is 0 Å². The van der Waals surface area contributed by atoms with Crippen LogP contribution in [0.4, 0.5) is 0 Å². The Kier molecular flexibility index (Phi) is 5.67. The second-order valence-corrected chi connectivity index (χ2v) is 8.10. The molecule has 2 saturated heterocycles. The van der Waals surface area contributed by atoms with E-state index in [9.17, 15) is 4.79 Å². The van der Waals surface area contributed by atoms with Crippen molar-refractivity contribution in [3.8, 4) is 5.75 Å². The molecule has 2 bridgehead atoms. The average Bonchev–Trinajstić information content (AvgIpc) is 2.93. The van der Waals surface area contributed by atoms with E-state index in [1.807, 2.05) is 54.6 Å². The van der Waals surface area contributed by atoms with Gasteiger partial charge >= 0.3 is 5.97 Å². The predicted molar refractivity (Wildman–Crippen MR) is 110 cm³/mol. The number of piperidine rings is 1. The Morgan fingerprint density at radius 1 is 1.04 bits per heavy atom. The third-order valence-electron chi connectivity index (χ3n) is 6.42. The number of esters is 1. The van der Waals surface area contributed by atoms with Crippen LogP contribution < -0.4 is 4.74 Å². The monoisotopic (exact) mass is 379 g/mol. The van der Waals surface area contributed by atoms with Gasteiger partial charge in [-0.1, -0.05) is 42.5 Å². The Hall–Kier alpha value is -2.33. The molecular formula is C24H29NO3. The van der Waals surface area contributed by atoms with Gasteiger partial charge in [0, 0.05) is 12.1 Å². The van der Waals surface area contributed by atoms with E-state index in [1.165, 1.54) is 12.8 Å². The van der Waals surface area contributed by atoms with Gasteiger partial charge in [0.2, 0.25) is 0 Å². The number of benzene rings is 2. The fourth-order valence-electron chi connectivity index (χ4n) is 4.72. The molecule has 2 aliphatic heterocycles. The second-order valence-electron chi connectivity index (χ2n) is 8.10. The van der Waals surface area contributed by atoms with Crippen molar-refractivity contribution in [3.05, 3.63) is 65.7 Å². The van der Waals surface area contributed by atoms with E-state index in [0.29, 0.717) is 18.5 Å². The summed E-state index contributed by atoms with van der Waals surface area (Å²) in [5.74, 6) is 0.437.